The number of benzene rings is 2. The zero-order chi connectivity index (χ0) is 13.8. The Hall–Kier alpha value is -1.78. The second-order valence-corrected chi connectivity index (χ2v) is 4.62. The average molecular weight is 298 g/mol. The van der Waals surface area contributed by atoms with Crippen molar-refractivity contribution >= 4 is 28.9 Å². The molecule has 2 rings (SSSR count). The molecule has 0 saturated carbocycles. The van der Waals surface area contributed by atoms with Crippen LogP contribution in [0.25, 0.3) is 0 Å². The highest BCUT2D eigenvalue weighted by Crippen LogP contribution is 2.24. The number of nitro benzene ring substituents is 1. The molecule has 6 heteroatoms. The van der Waals surface area contributed by atoms with E-state index in [1.165, 1.54) is 18.2 Å². The van der Waals surface area contributed by atoms with Crippen LogP contribution >= 0.6 is 23.2 Å². The third-order valence-electron chi connectivity index (χ3n) is 2.43. The lowest BCUT2D eigenvalue weighted by Crippen LogP contribution is -1.98. The summed E-state index contributed by atoms with van der Waals surface area (Å²) in [5.74, 6) is 0.579. The number of halogens is 2. The van der Waals surface area contributed by atoms with Gasteiger partial charge in [-0.05, 0) is 24.3 Å². The van der Waals surface area contributed by atoms with E-state index >= 15 is 0 Å². The largest absolute Gasteiger partial charge is 0.489 e. The summed E-state index contributed by atoms with van der Waals surface area (Å²) < 4.78 is 5.50. The highest BCUT2D eigenvalue weighted by molar-refractivity contribution is 6.31. The molecule has 0 spiro atoms. The van der Waals surface area contributed by atoms with Gasteiger partial charge in [0.15, 0.2) is 0 Å². The van der Waals surface area contributed by atoms with Crippen molar-refractivity contribution in [2.24, 2.45) is 0 Å². The summed E-state index contributed by atoms with van der Waals surface area (Å²) in [5.41, 5.74) is 0.532. The Morgan fingerprint density at radius 1 is 1.16 bits per heavy atom. The predicted octanol–water partition coefficient (Wildman–Crippen LogP) is 4.48. The zero-order valence-corrected chi connectivity index (χ0v) is 11.2. The normalized spacial score (nSPS) is 10.2. The van der Waals surface area contributed by atoms with E-state index < -0.39 is 4.92 Å². The molecule has 0 unspecified atom stereocenters. The van der Waals surface area contributed by atoms with Gasteiger partial charge in [-0.3, -0.25) is 10.1 Å². The molecule has 0 heterocycles. The van der Waals surface area contributed by atoms with Gasteiger partial charge >= 0.3 is 0 Å². The summed E-state index contributed by atoms with van der Waals surface area (Å²) in [6.07, 6.45) is 0. The van der Waals surface area contributed by atoms with Crippen molar-refractivity contribution in [2.75, 3.05) is 0 Å². The van der Waals surface area contributed by atoms with Gasteiger partial charge in [0.05, 0.1) is 4.92 Å². The van der Waals surface area contributed by atoms with Crippen molar-refractivity contribution in [3.8, 4) is 5.75 Å². The van der Waals surface area contributed by atoms with Gasteiger partial charge in [0, 0.05) is 27.7 Å². The van der Waals surface area contributed by atoms with Crippen LogP contribution in [0.3, 0.4) is 0 Å². The Bertz CT molecular complexity index is 617. The number of non-ortho nitro benzene ring substituents is 1. The van der Waals surface area contributed by atoms with Gasteiger partial charge in [-0.1, -0.05) is 29.3 Å². The van der Waals surface area contributed by atoms with Crippen molar-refractivity contribution in [3.63, 3.8) is 0 Å². The zero-order valence-electron chi connectivity index (χ0n) is 9.68. The Morgan fingerprint density at radius 2 is 1.95 bits per heavy atom. The topological polar surface area (TPSA) is 52.4 Å². The minimum atomic E-state index is -0.473. The van der Waals surface area contributed by atoms with E-state index in [4.69, 9.17) is 27.9 Å². The molecule has 0 atom stereocenters. The molecule has 0 bridgehead atoms. The maximum atomic E-state index is 10.7. The van der Waals surface area contributed by atoms with Crippen LogP contribution in [0.2, 0.25) is 10.0 Å². The number of hydrogen-bond acceptors (Lipinski definition) is 3. The van der Waals surface area contributed by atoms with Gasteiger partial charge < -0.3 is 4.74 Å². The van der Waals surface area contributed by atoms with Gasteiger partial charge in [-0.15, -0.1) is 0 Å². The first-order valence-electron chi connectivity index (χ1n) is 5.37. The summed E-state index contributed by atoms with van der Waals surface area (Å²) in [6.45, 7) is 0.140. The number of rotatable bonds is 4. The molecular formula is C13H9Cl2NO3. The number of ether oxygens (including phenoxy) is 1. The van der Waals surface area contributed by atoms with Gasteiger partial charge in [0.2, 0.25) is 0 Å². The van der Waals surface area contributed by atoms with E-state index in [1.807, 2.05) is 0 Å². The van der Waals surface area contributed by atoms with Crippen molar-refractivity contribution in [1.82, 2.24) is 0 Å². The smallest absolute Gasteiger partial charge is 0.269 e. The summed E-state index contributed by atoms with van der Waals surface area (Å²) in [7, 11) is 0. The Morgan fingerprint density at radius 3 is 2.63 bits per heavy atom. The van der Waals surface area contributed by atoms with Crippen LogP contribution in [0.1, 0.15) is 5.56 Å². The molecule has 0 aromatic heterocycles. The number of nitro groups is 1. The van der Waals surface area contributed by atoms with Crippen LogP contribution < -0.4 is 4.74 Å². The highest BCUT2D eigenvalue weighted by Gasteiger charge is 2.10. The van der Waals surface area contributed by atoms with E-state index in [2.05, 4.69) is 0 Å². The first-order valence-corrected chi connectivity index (χ1v) is 6.13. The predicted molar refractivity (Wildman–Crippen MR) is 73.9 cm³/mol. The summed E-state index contributed by atoms with van der Waals surface area (Å²) in [6, 6.07) is 11.1. The van der Waals surface area contributed by atoms with Crippen LogP contribution in [0.4, 0.5) is 5.69 Å². The first kappa shape index (κ1) is 13.6. The van der Waals surface area contributed by atoms with E-state index in [0.717, 1.165) is 0 Å². The molecule has 2 aromatic rings. The van der Waals surface area contributed by atoms with Crippen molar-refractivity contribution < 1.29 is 9.66 Å². The molecule has 0 fully saturated rings. The SMILES string of the molecule is O=[N+]([O-])c1ccc(Cl)c(COc2cccc(Cl)c2)c1. The molecule has 98 valence electrons. The maximum Gasteiger partial charge on any atom is 0.269 e. The Labute approximate surface area is 119 Å². The fourth-order valence-corrected chi connectivity index (χ4v) is 1.86. The molecule has 0 amide bonds. The lowest BCUT2D eigenvalue weighted by Gasteiger charge is -2.08. The average Bonchev–Trinajstić information content (AvgIpc) is 2.37. The second-order valence-electron chi connectivity index (χ2n) is 3.78. The lowest BCUT2D eigenvalue weighted by atomic mass is 10.2. The number of hydrogen-bond donors (Lipinski definition) is 0. The minimum absolute atomic E-state index is 0.0194. The van der Waals surface area contributed by atoms with Crippen LogP contribution in [-0.2, 0) is 6.61 Å². The van der Waals surface area contributed by atoms with Crippen molar-refractivity contribution in [1.29, 1.82) is 0 Å². The summed E-state index contributed by atoms with van der Waals surface area (Å²) >= 11 is 11.8. The molecule has 0 radical (unpaired) electrons. The third kappa shape index (κ3) is 3.59. The molecule has 0 N–H and O–H groups in total. The Balaban J connectivity index is 2.15. The summed E-state index contributed by atoms with van der Waals surface area (Å²) in [5, 5.41) is 11.7. The standard InChI is InChI=1S/C13H9Cl2NO3/c14-10-2-1-3-12(7-10)19-8-9-6-11(16(17)18)4-5-13(9)15/h1-7H,8H2. The molecule has 0 aliphatic heterocycles. The lowest BCUT2D eigenvalue weighted by molar-refractivity contribution is -0.384. The minimum Gasteiger partial charge on any atom is -0.489 e. The summed E-state index contributed by atoms with van der Waals surface area (Å²) in [4.78, 5) is 10.2. The molecule has 0 saturated heterocycles. The van der Waals surface area contributed by atoms with E-state index in [0.29, 0.717) is 21.4 Å². The van der Waals surface area contributed by atoms with Crippen LogP contribution in [0.15, 0.2) is 42.5 Å². The van der Waals surface area contributed by atoms with Crippen LogP contribution in [0.5, 0.6) is 5.75 Å². The maximum absolute atomic E-state index is 10.7. The van der Waals surface area contributed by atoms with Gasteiger partial charge in [0.1, 0.15) is 12.4 Å². The van der Waals surface area contributed by atoms with Gasteiger partial charge in [0.25, 0.3) is 5.69 Å². The van der Waals surface area contributed by atoms with E-state index in [-0.39, 0.29) is 12.3 Å². The Kier molecular flexibility index (Phi) is 4.24. The molecule has 19 heavy (non-hydrogen) atoms. The molecular weight excluding hydrogens is 289 g/mol. The molecule has 4 nitrogen and oxygen atoms in total. The molecule has 2 aromatic carbocycles. The van der Waals surface area contributed by atoms with Crippen molar-refractivity contribution in [2.45, 2.75) is 6.61 Å². The van der Waals surface area contributed by atoms with Crippen molar-refractivity contribution in [3.05, 3.63) is 68.2 Å². The van der Waals surface area contributed by atoms with Crippen LogP contribution in [-0.4, -0.2) is 4.92 Å². The molecule has 0 aliphatic carbocycles. The monoisotopic (exact) mass is 297 g/mol. The quantitative estimate of drug-likeness (QED) is 0.617. The van der Waals surface area contributed by atoms with E-state index in [9.17, 15) is 10.1 Å². The fourth-order valence-electron chi connectivity index (χ4n) is 1.50. The molecule has 0 aliphatic rings. The van der Waals surface area contributed by atoms with Gasteiger partial charge in [-0.2, -0.15) is 0 Å². The van der Waals surface area contributed by atoms with Crippen LogP contribution in [0, 0.1) is 10.1 Å². The van der Waals surface area contributed by atoms with Gasteiger partial charge in [-0.25, -0.2) is 0 Å². The highest BCUT2D eigenvalue weighted by atomic mass is 35.5. The second kappa shape index (κ2) is 5.91. The number of nitrogens with zero attached hydrogens (tertiary/aromatic N) is 1. The first-order chi connectivity index (χ1) is 9.06. The van der Waals surface area contributed by atoms with E-state index in [1.54, 1.807) is 24.3 Å². The fraction of sp³-hybridized carbons (Fsp3) is 0.0769. The third-order valence-corrected chi connectivity index (χ3v) is 3.03.